The number of hydrogen-bond donors (Lipinski definition) is 1. The molecule has 1 saturated heterocycles. The number of ether oxygens (including phenoxy) is 1. The first-order chi connectivity index (χ1) is 9.64. The van der Waals surface area contributed by atoms with Crippen LogP contribution in [0, 0.1) is 0 Å². The van der Waals surface area contributed by atoms with E-state index in [9.17, 15) is 4.57 Å². The van der Waals surface area contributed by atoms with Crippen LogP contribution >= 0.6 is 7.14 Å². The molecule has 1 aliphatic heterocycles. The highest BCUT2D eigenvalue weighted by molar-refractivity contribution is 7.62. The van der Waals surface area contributed by atoms with Gasteiger partial charge in [-0.2, -0.15) is 0 Å². The largest absolute Gasteiger partial charge is 0.355 e. The molecule has 1 aromatic carbocycles. The molecule has 3 nitrogen and oxygen atoms in total. The molecule has 1 heterocycles. The molecule has 118 valence electrons. The molecule has 1 aliphatic carbocycles. The SMILES string of the molecule is CC1c2ccccc2[C@@H]2NC(C)(C)O[C@H]12.CCP(C)(C)=O. The van der Waals surface area contributed by atoms with Crippen LogP contribution in [0.25, 0.3) is 0 Å². The van der Waals surface area contributed by atoms with Crippen LogP contribution in [0.3, 0.4) is 0 Å². The Kier molecular flexibility index (Phi) is 4.68. The molecule has 1 fully saturated rings. The van der Waals surface area contributed by atoms with E-state index in [-0.39, 0.29) is 5.72 Å². The first-order valence-electron chi connectivity index (χ1n) is 7.73. The monoisotopic (exact) mass is 309 g/mol. The maximum atomic E-state index is 10.6. The highest BCUT2D eigenvalue weighted by Crippen LogP contribution is 2.47. The van der Waals surface area contributed by atoms with Gasteiger partial charge in [0, 0.05) is 5.92 Å². The lowest BCUT2D eigenvalue weighted by Gasteiger charge is -2.21. The van der Waals surface area contributed by atoms with E-state index in [1.807, 2.05) is 6.92 Å². The van der Waals surface area contributed by atoms with Gasteiger partial charge in [-0.05, 0) is 44.5 Å². The van der Waals surface area contributed by atoms with Gasteiger partial charge in [0.25, 0.3) is 0 Å². The molecular formula is C17H28NO2P. The Balaban J connectivity index is 0.000000232. The lowest BCUT2D eigenvalue weighted by Crippen LogP contribution is -2.35. The van der Waals surface area contributed by atoms with Crippen molar-refractivity contribution in [1.29, 1.82) is 0 Å². The van der Waals surface area contributed by atoms with Gasteiger partial charge >= 0.3 is 0 Å². The van der Waals surface area contributed by atoms with Gasteiger partial charge < -0.3 is 9.30 Å². The maximum absolute atomic E-state index is 10.6. The molecule has 3 rings (SSSR count). The van der Waals surface area contributed by atoms with Gasteiger partial charge in [-0.25, -0.2) is 0 Å². The molecule has 1 unspecified atom stereocenters. The van der Waals surface area contributed by atoms with Crippen molar-refractivity contribution in [3.8, 4) is 0 Å². The van der Waals surface area contributed by atoms with Crippen molar-refractivity contribution < 1.29 is 9.30 Å². The highest BCUT2D eigenvalue weighted by atomic mass is 31.2. The minimum absolute atomic E-state index is 0.183. The minimum Gasteiger partial charge on any atom is -0.355 e. The zero-order valence-corrected chi connectivity index (χ0v) is 14.9. The number of rotatable bonds is 1. The van der Waals surface area contributed by atoms with Crippen molar-refractivity contribution in [3.63, 3.8) is 0 Å². The number of nitrogens with one attached hydrogen (secondary N) is 1. The van der Waals surface area contributed by atoms with Crippen LogP contribution in [-0.4, -0.2) is 31.3 Å². The normalized spacial score (nSPS) is 29.3. The van der Waals surface area contributed by atoms with Gasteiger partial charge in [0.15, 0.2) is 0 Å². The summed E-state index contributed by atoms with van der Waals surface area (Å²) in [4.78, 5) is 0. The molecule has 4 heteroatoms. The van der Waals surface area contributed by atoms with E-state index in [4.69, 9.17) is 4.74 Å². The minimum atomic E-state index is -1.65. The second kappa shape index (κ2) is 5.87. The molecule has 2 aliphatic rings. The molecular weight excluding hydrogens is 281 g/mol. The second-order valence-electron chi connectivity index (χ2n) is 7.02. The van der Waals surface area contributed by atoms with Gasteiger partial charge in [-0.3, -0.25) is 5.32 Å². The van der Waals surface area contributed by atoms with Crippen LogP contribution in [0.4, 0.5) is 0 Å². The van der Waals surface area contributed by atoms with Crippen molar-refractivity contribution in [2.24, 2.45) is 0 Å². The van der Waals surface area contributed by atoms with Crippen molar-refractivity contribution in [3.05, 3.63) is 35.4 Å². The first-order valence-corrected chi connectivity index (χ1v) is 10.5. The Morgan fingerprint density at radius 3 is 2.29 bits per heavy atom. The summed E-state index contributed by atoms with van der Waals surface area (Å²) < 4.78 is 16.6. The summed E-state index contributed by atoms with van der Waals surface area (Å²) in [5.41, 5.74) is 2.67. The third-order valence-corrected chi connectivity index (χ3v) is 5.86. The Hall–Kier alpha value is -0.630. The first kappa shape index (κ1) is 16.7. The smallest absolute Gasteiger partial charge is 0.114 e. The summed E-state index contributed by atoms with van der Waals surface area (Å²) in [7, 11) is -1.65. The topological polar surface area (TPSA) is 38.3 Å². The van der Waals surface area contributed by atoms with Crippen LogP contribution < -0.4 is 5.32 Å². The summed E-state index contributed by atoms with van der Waals surface area (Å²) >= 11 is 0. The van der Waals surface area contributed by atoms with E-state index in [1.54, 1.807) is 13.3 Å². The molecule has 3 atom stereocenters. The van der Waals surface area contributed by atoms with Crippen LogP contribution in [-0.2, 0) is 9.30 Å². The van der Waals surface area contributed by atoms with Crippen molar-refractivity contribution in [1.82, 2.24) is 5.32 Å². The van der Waals surface area contributed by atoms with Gasteiger partial charge in [-0.15, -0.1) is 0 Å². The fraction of sp³-hybridized carbons (Fsp3) is 0.647. The van der Waals surface area contributed by atoms with E-state index in [1.165, 1.54) is 11.1 Å². The number of benzene rings is 1. The Morgan fingerprint density at radius 2 is 1.76 bits per heavy atom. The van der Waals surface area contributed by atoms with Crippen LogP contribution in [0.1, 0.15) is 50.8 Å². The Morgan fingerprint density at radius 1 is 1.24 bits per heavy atom. The molecule has 0 radical (unpaired) electrons. The number of fused-ring (bicyclic) bond motifs is 3. The lowest BCUT2D eigenvalue weighted by atomic mass is 10.0. The predicted octanol–water partition coefficient (Wildman–Crippen LogP) is 4.20. The highest BCUT2D eigenvalue weighted by Gasteiger charge is 2.48. The van der Waals surface area contributed by atoms with E-state index < -0.39 is 7.14 Å². The molecule has 0 spiro atoms. The van der Waals surface area contributed by atoms with E-state index in [0.29, 0.717) is 18.1 Å². The molecule has 1 N–H and O–H groups in total. The third kappa shape index (κ3) is 3.77. The average molecular weight is 309 g/mol. The number of hydrogen-bond acceptors (Lipinski definition) is 3. The lowest BCUT2D eigenvalue weighted by molar-refractivity contribution is -0.0313. The summed E-state index contributed by atoms with van der Waals surface area (Å²) in [6.45, 7) is 12.0. The summed E-state index contributed by atoms with van der Waals surface area (Å²) in [5, 5.41) is 3.56. The van der Waals surface area contributed by atoms with E-state index >= 15 is 0 Å². The predicted molar refractivity (Wildman–Crippen MR) is 89.7 cm³/mol. The van der Waals surface area contributed by atoms with Crippen LogP contribution in [0.5, 0.6) is 0 Å². The maximum Gasteiger partial charge on any atom is 0.114 e. The third-order valence-electron chi connectivity index (χ3n) is 4.34. The Bertz CT molecular complexity index is 549. The summed E-state index contributed by atoms with van der Waals surface area (Å²) in [5.74, 6) is 0.500. The van der Waals surface area contributed by atoms with Gasteiger partial charge in [-0.1, -0.05) is 38.1 Å². The van der Waals surface area contributed by atoms with Gasteiger partial charge in [0.1, 0.15) is 5.72 Å². The zero-order valence-electron chi connectivity index (χ0n) is 14.0. The molecule has 0 bridgehead atoms. The van der Waals surface area contributed by atoms with Crippen LogP contribution in [0.15, 0.2) is 24.3 Å². The van der Waals surface area contributed by atoms with E-state index in [2.05, 4.69) is 50.4 Å². The average Bonchev–Trinajstić information content (AvgIpc) is 2.84. The molecule has 0 saturated carbocycles. The zero-order chi connectivity index (χ0) is 15.8. The van der Waals surface area contributed by atoms with Gasteiger partial charge in [0.2, 0.25) is 0 Å². The van der Waals surface area contributed by atoms with Crippen molar-refractivity contribution in [2.45, 2.75) is 51.5 Å². The standard InChI is InChI=1S/C13H17NO.C4H11OP/c1-8-9-6-4-5-7-10(9)11-12(8)15-13(2,3)14-11;1-4-6(2,3)5/h4-8,11-12,14H,1-3H3;4H2,1-3H3/t8?,11-,12+;/m0./s1. The fourth-order valence-corrected chi connectivity index (χ4v) is 2.93. The van der Waals surface area contributed by atoms with Crippen LogP contribution in [0.2, 0.25) is 0 Å². The second-order valence-corrected chi connectivity index (χ2v) is 10.8. The van der Waals surface area contributed by atoms with Crippen molar-refractivity contribution in [2.75, 3.05) is 19.5 Å². The molecule has 0 amide bonds. The molecule has 1 aromatic rings. The fourth-order valence-electron chi connectivity index (χ4n) is 2.93. The molecule has 0 aromatic heterocycles. The van der Waals surface area contributed by atoms with Crippen molar-refractivity contribution >= 4 is 7.14 Å². The molecule has 21 heavy (non-hydrogen) atoms. The summed E-state index contributed by atoms with van der Waals surface area (Å²) in [6.07, 6.45) is 1.13. The quantitative estimate of drug-likeness (QED) is 0.790. The summed E-state index contributed by atoms with van der Waals surface area (Å²) in [6, 6.07) is 9.04. The van der Waals surface area contributed by atoms with Gasteiger partial charge in [0.05, 0.1) is 19.3 Å². The Labute approximate surface area is 128 Å². The van der Waals surface area contributed by atoms with E-state index in [0.717, 1.165) is 6.16 Å².